The minimum absolute atomic E-state index is 0.0200. The van der Waals surface area contributed by atoms with Crippen LogP contribution in [-0.2, 0) is 11.3 Å². The largest absolute Gasteiger partial charge is 0.467 e. The average molecular weight is 299 g/mol. The van der Waals surface area contributed by atoms with Gasteiger partial charge >= 0.3 is 0 Å². The maximum Gasteiger partial charge on any atom is 0.225 e. The second-order valence-corrected chi connectivity index (χ2v) is 5.31. The van der Waals surface area contributed by atoms with E-state index < -0.39 is 0 Å². The third-order valence-corrected chi connectivity index (χ3v) is 3.78. The van der Waals surface area contributed by atoms with Crippen LogP contribution in [0.1, 0.15) is 31.3 Å². The van der Waals surface area contributed by atoms with Gasteiger partial charge in [0.05, 0.1) is 25.3 Å². The van der Waals surface area contributed by atoms with Crippen molar-refractivity contribution < 1.29 is 9.15 Å². The quantitative estimate of drug-likeness (QED) is 0.798. The molecule has 0 aliphatic carbocycles. The highest BCUT2D eigenvalue weighted by Crippen LogP contribution is 2.25. The Morgan fingerprint density at radius 3 is 3.14 bits per heavy atom. The fraction of sp³-hybridized carbons (Fsp3) is 0.400. The zero-order valence-corrected chi connectivity index (χ0v) is 12.1. The molecule has 4 rings (SSSR count). The molecule has 1 fully saturated rings. The second kappa shape index (κ2) is 5.76. The number of aromatic nitrogens is 4. The summed E-state index contributed by atoms with van der Waals surface area (Å²) in [6.45, 7) is 1.34. The highest BCUT2D eigenvalue weighted by atomic mass is 16.5. The number of imidazole rings is 1. The van der Waals surface area contributed by atoms with Crippen LogP contribution in [0.25, 0.3) is 11.2 Å². The molecule has 1 aliphatic heterocycles. The first kappa shape index (κ1) is 13.3. The third-order valence-electron chi connectivity index (χ3n) is 3.78. The summed E-state index contributed by atoms with van der Waals surface area (Å²) in [7, 11) is 0. The van der Waals surface area contributed by atoms with Gasteiger partial charge in [-0.25, -0.2) is 9.97 Å². The normalized spacial score (nSPS) is 18.6. The molecular weight excluding hydrogens is 282 g/mol. The lowest BCUT2D eigenvalue weighted by atomic mass is 10.2. The Kier molecular flexibility index (Phi) is 3.48. The highest BCUT2D eigenvalue weighted by molar-refractivity contribution is 5.71. The molecule has 3 aromatic rings. The number of fused-ring (bicyclic) bond motifs is 1. The highest BCUT2D eigenvalue weighted by Gasteiger charge is 2.19. The summed E-state index contributed by atoms with van der Waals surface area (Å²) in [6, 6.07) is 3.77. The molecular formula is C15H17N5O2. The molecule has 0 amide bonds. The summed E-state index contributed by atoms with van der Waals surface area (Å²) in [5.41, 5.74) is 1.57. The average Bonchev–Trinajstić information content (AvgIpc) is 3.23. The van der Waals surface area contributed by atoms with Crippen molar-refractivity contribution in [1.29, 1.82) is 0 Å². The molecule has 1 saturated heterocycles. The first-order chi connectivity index (χ1) is 10.9. The van der Waals surface area contributed by atoms with Crippen LogP contribution in [0.4, 0.5) is 5.95 Å². The summed E-state index contributed by atoms with van der Waals surface area (Å²) in [4.78, 5) is 13.2. The van der Waals surface area contributed by atoms with Crippen LogP contribution in [0.2, 0.25) is 0 Å². The van der Waals surface area contributed by atoms with Gasteiger partial charge in [-0.2, -0.15) is 4.98 Å². The van der Waals surface area contributed by atoms with E-state index in [4.69, 9.17) is 9.15 Å². The minimum Gasteiger partial charge on any atom is -0.467 e. The van der Waals surface area contributed by atoms with Gasteiger partial charge in [0.2, 0.25) is 5.95 Å². The fourth-order valence-corrected chi connectivity index (χ4v) is 2.65. The van der Waals surface area contributed by atoms with Crippen LogP contribution < -0.4 is 5.32 Å². The summed E-state index contributed by atoms with van der Waals surface area (Å²) < 4.78 is 13.1. The van der Waals surface area contributed by atoms with Gasteiger partial charge in [-0.15, -0.1) is 0 Å². The van der Waals surface area contributed by atoms with E-state index in [0.717, 1.165) is 36.4 Å². The maximum absolute atomic E-state index is 5.82. The van der Waals surface area contributed by atoms with E-state index in [1.54, 1.807) is 18.8 Å². The Labute approximate surface area is 127 Å². The summed E-state index contributed by atoms with van der Waals surface area (Å²) in [5, 5.41) is 3.16. The van der Waals surface area contributed by atoms with Gasteiger partial charge in [0, 0.05) is 6.61 Å². The SMILES string of the molecule is c1coc(CNc2ncc3ncn(C4CCCCO4)c3n2)c1. The van der Waals surface area contributed by atoms with Gasteiger partial charge < -0.3 is 14.5 Å². The molecule has 7 heteroatoms. The van der Waals surface area contributed by atoms with Crippen LogP contribution in [0.15, 0.2) is 35.3 Å². The molecule has 0 radical (unpaired) electrons. The standard InChI is InChI=1S/C15H17N5O2/c1-2-6-22-13(5-1)20-10-18-12-9-17-15(19-14(12)20)16-8-11-4-3-7-21-11/h3-4,7,9-10,13H,1-2,5-6,8H2,(H,16,17,19). The van der Waals surface area contributed by atoms with Crippen LogP contribution in [0.3, 0.4) is 0 Å². The molecule has 0 spiro atoms. The number of anilines is 1. The van der Waals surface area contributed by atoms with Gasteiger partial charge in [-0.1, -0.05) is 0 Å². The lowest BCUT2D eigenvalue weighted by Gasteiger charge is -2.23. The zero-order valence-electron chi connectivity index (χ0n) is 12.1. The predicted octanol–water partition coefficient (Wildman–Crippen LogP) is 2.73. The van der Waals surface area contributed by atoms with E-state index in [0.29, 0.717) is 12.5 Å². The number of nitrogens with zero attached hydrogens (tertiary/aromatic N) is 4. The number of hydrogen-bond donors (Lipinski definition) is 1. The van der Waals surface area contributed by atoms with E-state index in [9.17, 15) is 0 Å². The van der Waals surface area contributed by atoms with E-state index >= 15 is 0 Å². The van der Waals surface area contributed by atoms with Crippen molar-refractivity contribution in [3.05, 3.63) is 36.7 Å². The molecule has 114 valence electrons. The lowest BCUT2D eigenvalue weighted by Crippen LogP contribution is -2.18. The Hall–Kier alpha value is -2.41. The van der Waals surface area contributed by atoms with Crippen LogP contribution >= 0.6 is 0 Å². The van der Waals surface area contributed by atoms with E-state index in [2.05, 4.69) is 20.3 Å². The molecule has 0 bridgehead atoms. The van der Waals surface area contributed by atoms with Gasteiger partial charge in [-0.05, 0) is 31.4 Å². The van der Waals surface area contributed by atoms with Crippen molar-refractivity contribution in [2.24, 2.45) is 0 Å². The van der Waals surface area contributed by atoms with Crippen molar-refractivity contribution in [2.45, 2.75) is 32.0 Å². The van der Waals surface area contributed by atoms with Gasteiger partial charge in [0.1, 0.15) is 17.5 Å². The lowest BCUT2D eigenvalue weighted by molar-refractivity contribution is -0.0298. The molecule has 22 heavy (non-hydrogen) atoms. The van der Waals surface area contributed by atoms with E-state index in [1.807, 2.05) is 16.7 Å². The monoisotopic (exact) mass is 299 g/mol. The minimum atomic E-state index is 0.0200. The number of ether oxygens (including phenoxy) is 1. The number of hydrogen-bond acceptors (Lipinski definition) is 6. The zero-order chi connectivity index (χ0) is 14.8. The Morgan fingerprint density at radius 1 is 1.32 bits per heavy atom. The van der Waals surface area contributed by atoms with Gasteiger partial charge in [-0.3, -0.25) is 4.57 Å². The topological polar surface area (TPSA) is 78.0 Å². The van der Waals surface area contributed by atoms with Gasteiger partial charge in [0.25, 0.3) is 0 Å². The summed E-state index contributed by atoms with van der Waals surface area (Å²) >= 11 is 0. The first-order valence-corrected chi connectivity index (χ1v) is 7.47. The number of furan rings is 1. The van der Waals surface area contributed by atoms with Crippen LogP contribution in [-0.4, -0.2) is 26.1 Å². The molecule has 4 heterocycles. The maximum atomic E-state index is 5.82. The Balaban J connectivity index is 1.58. The van der Waals surface area contributed by atoms with Crippen molar-refractivity contribution in [1.82, 2.24) is 19.5 Å². The molecule has 0 aromatic carbocycles. The molecule has 1 atom stereocenters. The summed E-state index contributed by atoms with van der Waals surface area (Å²) in [5.74, 6) is 1.40. The Bertz CT molecular complexity index is 746. The smallest absolute Gasteiger partial charge is 0.225 e. The number of rotatable bonds is 4. The third kappa shape index (κ3) is 2.55. The van der Waals surface area contributed by atoms with Crippen molar-refractivity contribution in [3.8, 4) is 0 Å². The Morgan fingerprint density at radius 2 is 2.32 bits per heavy atom. The second-order valence-electron chi connectivity index (χ2n) is 5.31. The summed E-state index contributed by atoms with van der Waals surface area (Å²) in [6.07, 6.45) is 8.46. The van der Waals surface area contributed by atoms with E-state index in [1.165, 1.54) is 6.42 Å². The molecule has 7 nitrogen and oxygen atoms in total. The molecule has 1 aliphatic rings. The van der Waals surface area contributed by atoms with Crippen molar-refractivity contribution >= 4 is 17.1 Å². The molecule has 0 saturated carbocycles. The number of nitrogens with one attached hydrogen (secondary N) is 1. The van der Waals surface area contributed by atoms with Crippen LogP contribution in [0.5, 0.6) is 0 Å². The first-order valence-electron chi connectivity index (χ1n) is 7.47. The molecule has 1 unspecified atom stereocenters. The fourth-order valence-electron chi connectivity index (χ4n) is 2.65. The molecule has 3 aromatic heterocycles. The molecule has 1 N–H and O–H groups in total. The predicted molar refractivity (Wildman–Crippen MR) is 80.2 cm³/mol. The van der Waals surface area contributed by atoms with Crippen molar-refractivity contribution in [3.63, 3.8) is 0 Å². The van der Waals surface area contributed by atoms with Gasteiger partial charge in [0.15, 0.2) is 5.65 Å². The van der Waals surface area contributed by atoms with Crippen molar-refractivity contribution in [2.75, 3.05) is 11.9 Å². The van der Waals surface area contributed by atoms with E-state index in [-0.39, 0.29) is 6.23 Å². The van der Waals surface area contributed by atoms with Crippen LogP contribution in [0, 0.1) is 0 Å².